The van der Waals surface area contributed by atoms with Gasteiger partial charge in [-0.1, -0.05) is 12.1 Å². The summed E-state index contributed by atoms with van der Waals surface area (Å²) in [7, 11) is 0. The van der Waals surface area contributed by atoms with Gasteiger partial charge in [-0.25, -0.2) is 0 Å². The van der Waals surface area contributed by atoms with Crippen molar-refractivity contribution >= 4 is 22.8 Å². The number of imide groups is 1. The summed E-state index contributed by atoms with van der Waals surface area (Å²) in [5.41, 5.74) is 5.14. The molecule has 2 aliphatic rings. The van der Waals surface area contributed by atoms with Gasteiger partial charge in [0.2, 0.25) is 11.8 Å². The molecule has 0 aliphatic carbocycles. The van der Waals surface area contributed by atoms with Gasteiger partial charge in [-0.2, -0.15) is 5.10 Å². The van der Waals surface area contributed by atoms with Crippen LogP contribution in [0.3, 0.4) is 0 Å². The third-order valence-corrected chi connectivity index (χ3v) is 6.75. The average Bonchev–Trinajstić information content (AvgIpc) is 3.52. The molecule has 3 aromatic heterocycles. The lowest BCUT2D eigenvalue weighted by atomic mass is 9.90. The van der Waals surface area contributed by atoms with Crippen LogP contribution in [0.1, 0.15) is 61.1 Å². The van der Waals surface area contributed by atoms with Gasteiger partial charge in [-0.3, -0.25) is 29.6 Å². The lowest BCUT2D eigenvalue weighted by Gasteiger charge is -2.21. The number of nitrogens with zero attached hydrogens (tertiary/aromatic N) is 4. The first-order chi connectivity index (χ1) is 17.1. The second-order valence-electron chi connectivity index (χ2n) is 9.12. The quantitative estimate of drug-likeness (QED) is 0.439. The molecule has 35 heavy (non-hydrogen) atoms. The van der Waals surface area contributed by atoms with Crippen LogP contribution < -0.4 is 5.32 Å². The smallest absolute Gasteiger partial charge is 0.234 e. The molecule has 0 radical (unpaired) electrons. The van der Waals surface area contributed by atoms with E-state index in [-0.39, 0.29) is 23.8 Å². The van der Waals surface area contributed by atoms with Gasteiger partial charge in [0.05, 0.1) is 48.7 Å². The number of aromatic nitrogens is 4. The summed E-state index contributed by atoms with van der Waals surface area (Å²) < 4.78 is 13.4. The number of carbonyl (C=O) groups excluding carboxylic acids is 2. The Morgan fingerprint density at radius 1 is 1.06 bits per heavy atom. The van der Waals surface area contributed by atoms with Crippen molar-refractivity contribution in [3.8, 4) is 11.1 Å². The maximum absolute atomic E-state index is 12.3. The van der Waals surface area contributed by atoms with Crippen molar-refractivity contribution in [3.05, 3.63) is 66.2 Å². The maximum atomic E-state index is 12.3. The lowest BCUT2D eigenvalue weighted by Crippen LogP contribution is -2.39. The van der Waals surface area contributed by atoms with Gasteiger partial charge >= 0.3 is 0 Å². The number of rotatable bonds is 5. The van der Waals surface area contributed by atoms with Crippen LogP contribution in [0.5, 0.6) is 0 Å². The van der Waals surface area contributed by atoms with Crippen LogP contribution in [0, 0.1) is 0 Å². The van der Waals surface area contributed by atoms with E-state index in [1.165, 1.54) is 0 Å². The molecule has 9 heteroatoms. The largest absolute Gasteiger partial charge is 0.464 e. The fourth-order valence-electron chi connectivity index (χ4n) is 4.84. The highest BCUT2D eigenvalue weighted by atomic mass is 16.5. The van der Waals surface area contributed by atoms with Crippen molar-refractivity contribution in [3.63, 3.8) is 0 Å². The van der Waals surface area contributed by atoms with Crippen molar-refractivity contribution < 1.29 is 18.7 Å². The summed E-state index contributed by atoms with van der Waals surface area (Å²) in [5.74, 6) is -0.866. The van der Waals surface area contributed by atoms with Crippen molar-refractivity contribution in [2.75, 3.05) is 6.61 Å². The molecule has 4 aromatic rings. The van der Waals surface area contributed by atoms with E-state index in [1.807, 2.05) is 35.3 Å². The standard InChI is InChI=1S/C26H25N5O4/c32-25-7-6-20(26(33)30-25)21-15-35-24-9-16(4-5-19(21)24)17-10-29-31(13-17)14-18-11-28-22(12-27-18)23-3-1-2-8-34-23/h4-5,9-13,15,20,23H,1-3,6-8,14H2,(H,30,32,33). The van der Waals surface area contributed by atoms with Crippen molar-refractivity contribution in [1.82, 2.24) is 25.1 Å². The van der Waals surface area contributed by atoms with E-state index < -0.39 is 0 Å². The highest BCUT2D eigenvalue weighted by molar-refractivity contribution is 6.02. The molecular weight excluding hydrogens is 446 g/mol. The number of fused-ring (bicyclic) bond motifs is 1. The van der Waals surface area contributed by atoms with E-state index in [0.29, 0.717) is 25.0 Å². The first-order valence-electron chi connectivity index (χ1n) is 11.9. The minimum Gasteiger partial charge on any atom is -0.464 e. The van der Waals surface area contributed by atoms with E-state index in [0.717, 1.165) is 59.3 Å². The second kappa shape index (κ2) is 9.07. The van der Waals surface area contributed by atoms with Crippen LogP contribution in [0.2, 0.25) is 0 Å². The molecule has 2 atom stereocenters. The third-order valence-electron chi connectivity index (χ3n) is 6.75. The Balaban J connectivity index is 1.17. The zero-order valence-corrected chi connectivity index (χ0v) is 19.1. The van der Waals surface area contributed by atoms with Gasteiger partial charge in [0.25, 0.3) is 0 Å². The van der Waals surface area contributed by atoms with E-state index in [2.05, 4.69) is 20.4 Å². The molecule has 6 rings (SSSR count). The first-order valence-corrected chi connectivity index (χ1v) is 11.9. The Morgan fingerprint density at radius 2 is 2.00 bits per heavy atom. The van der Waals surface area contributed by atoms with E-state index in [4.69, 9.17) is 9.15 Å². The van der Waals surface area contributed by atoms with Crippen LogP contribution >= 0.6 is 0 Å². The van der Waals surface area contributed by atoms with Gasteiger partial charge in [-0.15, -0.1) is 0 Å². The SMILES string of the molecule is O=C1CCC(c2coc3cc(-c4cnn(Cc5cnc(C6CCCCO6)cn5)c4)ccc23)C(=O)N1. The molecule has 1 N–H and O–H groups in total. The summed E-state index contributed by atoms with van der Waals surface area (Å²) in [5, 5.41) is 7.78. The summed E-state index contributed by atoms with van der Waals surface area (Å²) in [6.45, 7) is 1.30. The van der Waals surface area contributed by atoms with Crippen LogP contribution in [-0.2, 0) is 20.9 Å². The summed E-state index contributed by atoms with van der Waals surface area (Å²) >= 11 is 0. The molecule has 178 valence electrons. The fourth-order valence-corrected chi connectivity index (χ4v) is 4.84. The minimum atomic E-state index is -0.375. The second-order valence-corrected chi connectivity index (χ2v) is 9.12. The van der Waals surface area contributed by atoms with Crippen molar-refractivity contribution in [1.29, 1.82) is 0 Å². The van der Waals surface area contributed by atoms with Gasteiger partial charge < -0.3 is 9.15 Å². The van der Waals surface area contributed by atoms with Crippen molar-refractivity contribution in [2.45, 2.75) is 50.7 Å². The zero-order chi connectivity index (χ0) is 23.8. The van der Waals surface area contributed by atoms with Crippen LogP contribution in [0.15, 0.2) is 53.7 Å². The molecule has 0 spiro atoms. The first kappa shape index (κ1) is 21.7. The topological polar surface area (TPSA) is 112 Å². The molecule has 2 amide bonds. The Labute approximate surface area is 201 Å². The molecule has 2 unspecified atom stereocenters. The number of carbonyl (C=O) groups is 2. The summed E-state index contributed by atoms with van der Waals surface area (Å²) in [6, 6.07) is 5.90. The van der Waals surface area contributed by atoms with Gasteiger partial charge in [0.1, 0.15) is 11.7 Å². The molecule has 2 aliphatic heterocycles. The molecular formula is C26H25N5O4. The monoisotopic (exact) mass is 471 g/mol. The van der Waals surface area contributed by atoms with Crippen LogP contribution in [0.25, 0.3) is 22.1 Å². The molecule has 5 heterocycles. The maximum Gasteiger partial charge on any atom is 0.234 e. The minimum absolute atomic E-state index is 0.0497. The van der Waals surface area contributed by atoms with Crippen molar-refractivity contribution in [2.24, 2.45) is 0 Å². The molecule has 9 nitrogen and oxygen atoms in total. The molecule has 0 bridgehead atoms. The molecule has 0 saturated carbocycles. The lowest BCUT2D eigenvalue weighted by molar-refractivity contribution is -0.134. The van der Waals surface area contributed by atoms with Gasteiger partial charge in [-0.05, 0) is 37.3 Å². The van der Waals surface area contributed by atoms with Gasteiger partial charge in [0, 0.05) is 35.7 Å². The number of nitrogens with one attached hydrogen (secondary N) is 1. The number of furan rings is 1. The predicted molar refractivity (Wildman–Crippen MR) is 126 cm³/mol. The van der Waals surface area contributed by atoms with Gasteiger partial charge in [0.15, 0.2) is 0 Å². The summed E-state index contributed by atoms with van der Waals surface area (Å²) in [6.07, 6.45) is 13.1. The van der Waals surface area contributed by atoms with Crippen LogP contribution in [-0.4, -0.2) is 38.2 Å². The van der Waals surface area contributed by atoms with E-state index in [1.54, 1.807) is 18.7 Å². The average molecular weight is 472 g/mol. The third kappa shape index (κ3) is 4.35. The predicted octanol–water partition coefficient (Wildman–Crippen LogP) is 3.90. The summed E-state index contributed by atoms with van der Waals surface area (Å²) in [4.78, 5) is 32.9. The number of hydrogen-bond donors (Lipinski definition) is 1. The number of piperidine rings is 1. The number of amides is 2. The fraction of sp³-hybridized carbons (Fsp3) is 0.346. The normalized spacial score (nSPS) is 20.8. The highest BCUT2D eigenvalue weighted by Crippen LogP contribution is 2.34. The molecule has 2 saturated heterocycles. The van der Waals surface area contributed by atoms with E-state index in [9.17, 15) is 9.59 Å². The molecule has 1 aromatic carbocycles. The number of hydrogen-bond acceptors (Lipinski definition) is 7. The number of benzene rings is 1. The Morgan fingerprint density at radius 3 is 2.80 bits per heavy atom. The Kier molecular flexibility index (Phi) is 5.61. The number of ether oxygens (including phenoxy) is 1. The Bertz CT molecular complexity index is 1380. The highest BCUT2D eigenvalue weighted by Gasteiger charge is 2.30. The van der Waals surface area contributed by atoms with E-state index >= 15 is 0 Å². The zero-order valence-electron chi connectivity index (χ0n) is 19.1. The Hall–Kier alpha value is -3.85. The molecule has 2 fully saturated rings. The van der Waals surface area contributed by atoms with Crippen LogP contribution in [0.4, 0.5) is 0 Å².